The van der Waals surface area contributed by atoms with E-state index in [0.29, 0.717) is 0 Å². The van der Waals surface area contributed by atoms with Gasteiger partial charge >= 0.3 is 0 Å². The summed E-state index contributed by atoms with van der Waals surface area (Å²) in [6, 6.07) is 0. The molecule has 0 aliphatic heterocycles. The van der Waals surface area contributed by atoms with Gasteiger partial charge in [-0.05, 0) is 50.5 Å². The normalized spacial score (nSPS) is 29.8. The van der Waals surface area contributed by atoms with Crippen LogP contribution in [0.15, 0.2) is 22.8 Å². The number of rotatable bonds is 0. The molecule has 2 rings (SSSR count). The molecule has 2 aliphatic rings. The van der Waals surface area contributed by atoms with Crippen LogP contribution < -0.4 is 0 Å². The van der Waals surface area contributed by atoms with Gasteiger partial charge in [-0.15, -0.1) is 0 Å². The smallest absolute Gasteiger partial charge is 0.0191 e. The second kappa shape index (κ2) is 3.08. The van der Waals surface area contributed by atoms with Crippen molar-refractivity contribution in [3.63, 3.8) is 0 Å². The molecule has 0 N–H and O–H groups in total. The fourth-order valence-electron chi connectivity index (χ4n) is 2.54. The Balaban J connectivity index is 2.34. The Morgan fingerprint density at radius 3 is 2.75 bits per heavy atom. The maximum atomic E-state index is 2.43. The molecule has 0 saturated heterocycles. The highest BCUT2D eigenvalue weighted by atomic mass is 14.3. The van der Waals surface area contributed by atoms with Crippen molar-refractivity contribution in [3.8, 4) is 0 Å². The minimum absolute atomic E-state index is 0.837. The van der Waals surface area contributed by atoms with Gasteiger partial charge in [-0.25, -0.2) is 0 Å². The molecule has 0 aromatic carbocycles. The van der Waals surface area contributed by atoms with E-state index >= 15 is 0 Å². The zero-order chi connectivity index (χ0) is 8.55. The van der Waals surface area contributed by atoms with Crippen LogP contribution >= 0.6 is 0 Å². The van der Waals surface area contributed by atoms with Crippen molar-refractivity contribution in [2.75, 3.05) is 0 Å². The van der Waals surface area contributed by atoms with E-state index in [1.807, 2.05) is 0 Å². The highest BCUT2D eigenvalue weighted by Gasteiger charge is 2.21. The quantitative estimate of drug-likeness (QED) is 0.507. The van der Waals surface area contributed by atoms with Gasteiger partial charge in [0.15, 0.2) is 0 Å². The van der Waals surface area contributed by atoms with Crippen LogP contribution in [-0.2, 0) is 0 Å². The van der Waals surface area contributed by atoms with E-state index in [4.69, 9.17) is 0 Å². The first-order chi connectivity index (χ1) is 5.79. The Kier molecular flexibility index (Phi) is 2.08. The summed E-state index contributed by atoms with van der Waals surface area (Å²) in [7, 11) is 0. The fourth-order valence-corrected chi connectivity index (χ4v) is 2.54. The molecule has 0 amide bonds. The van der Waals surface area contributed by atoms with Gasteiger partial charge in [0.25, 0.3) is 0 Å². The lowest BCUT2D eigenvalue weighted by Crippen LogP contribution is -2.12. The second-order valence-corrected chi connectivity index (χ2v) is 4.23. The van der Waals surface area contributed by atoms with Crippen molar-refractivity contribution in [1.82, 2.24) is 0 Å². The third-order valence-corrected chi connectivity index (χ3v) is 3.36. The van der Waals surface area contributed by atoms with Crippen molar-refractivity contribution < 1.29 is 0 Å². The van der Waals surface area contributed by atoms with Gasteiger partial charge < -0.3 is 0 Å². The summed E-state index contributed by atoms with van der Waals surface area (Å²) in [5.74, 6) is 0.837. The molecule has 66 valence electrons. The predicted octanol–water partition coefficient (Wildman–Crippen LogP) is 3.84. The molecule has 0 heteroatoms. The van der Waals surface area contributed by atoms with Crippen LogP contribution in [0.5, 0.6) is 0 Å². The molecule has 0 radical (unpaired) electrons. The molecule has 0 heterocycles. The van der Waals surface area contributed by atoms with Gasteiger partial charge in [-0.3, -0.25) is 0 Å². The summed E-state index contributed by atoms with van der Waals surface area (Å²) in [4.78, 5) is 0. The maximum absolute atomic E-state index is 2.43. The van der Waals surface area contributed by atoms with Crippen LogP contribution in [0.2, 0.25) is 0 Å². The molecule has 0 fully saturated rings. The predicted molar refractivity (Wildman–Crippen MR) is 53.0 cm³/mol. The van der Waals surface area contributed by atoms with Crippen LogP contribution in [0.25, 0.3) is 0 Å². The highest BCUT2D eigenvalue weighted by Crippen LogP contribution is 2.38. The number of hydrogen-bond donors (Lipinski definition) is 0. The Bertz CT molecular complexity index is 243. The minimum atomic E-state index is 0.837. The summed E-state index contributed by atoms with van der Waals surface area (Å²) in [6.07, 6.45) is 9.27. The second-order valence-electron chi connectivity index (χ2n) is 4.23. The molecule has 2 aliphatic carbocycles. The monoisotopic (exact) mass is 162 g/mol. The molecule has 0 saturated carbocycles. The lowest BCUT2D eigenvalue weighted by molar-refractivity contribution is 0.562. The lowest BCUT2D eigenvalue weighted by atomic mass is 9.77. The Hall–Kier alpha value is -0.520. The van der Waals surface area contributed by atoms with Gasteiger partial charge in [-0.1, -0.05) is 24.1 Å². The summed E-state index contributed by atoms with van der Waals surface area (Å²) in [5, 5.41) is 0. The summed E-state index contributed by atoms with van der Waals surface area (Å²) in [5.41, 5.74) is 5.06. The average Bonchev–Trinajstić information content (AvgIpc) is 2.12. The Morgan fingerprint density at radius 2 is 2.00 bits per heavy atom. The van der Waals surface area contributed by atoms with Crippen molar-refractivity contribution >= 4 is 0 Å². The van der Waals surface area contributed by atoms with Crippen molar-refractivity contribution in [1.29, 1.82) is 0 Å². The molecule has 0 aromatic rings. The molecule has 1 atom stereocenters. The summed E-state index contributed by atoms with van der Waals surface area (Å²) < 4.78 is 0. The highest BCUT2D eigenvalue weighted by molar-refractivity contribution is 5.39. The van der Waals surface area contributed by atoms with E-state index in [2.05, 4.69) is 19.9 Å². The van der Waals surface area contributed by atoms with Crippen LogP contribution in [-0.4, -0.2) is 0 Å². The van der Waals surface area contributed by atoms with Crippen molar-refractivity contribution in [2.45, 2.75) is 46.0 Å². The third kappa shape index (κ3) is 1.24. The van der Waals surface area contributed by atoms with Crippen LogP contribution in [0.3, 0.4) is 0 Å². The van der Waals surface area contributed by atoms with Gasteiger partial charge in [0, 0.05) is 0 Å². The van der Waals surface area contributed by atoms with E-state index in [1.54, 1.807) is 16.7 Å². The van der Waals surface area contributed by atoms with Gasteiger partial charge in [-0.2, -0.15) is 0 Å². The fraction of sp³-hybridized carbons (Fsp3) is 0.667. The van der Waals surface area contributed by atoms with Crippen LogP contribution in [0.4, 0.5) is 0 Å². The summed E-state index contributed by atoms with van der Waals surface area (Å²) in [6.45, 7) is 4.66. The standard InChI is InChI=1S/C12H18/c1-9-7-8-10(2)12-6-4-3-5-11(9)12/h7,10H,3-6,8H2,1-2H3. The zero-order valence-electron chi connectivity index (χ0n) is 8.19. The Labute approximate surface area is 75.4 Å². The molecule has 0 aromatic heterocycles. The van der Waals surface area contributed by atoms with E-state index in [9.17, 15) is 0 Å². The molecule has 0 nitrogen and oxygen atoms in total. The zero-order valence-corrected chi connectivity index (χ0v) is 8.19. The molecule has 0 bridgehead atoms. The maximum Gasteiger partial charge on any atom is -0.0191 e. The van der Waals surface area contributed by atoms with Gasteiger partial charge in [0.05, 0.1) is 0 Å². The van der Waals surface area contributed by atoms with Gasteiger partial charge in [0.2, 0.25) is 0 Å². The molecular weight excluding hydrogens is 144 g/mol. The molecular formula is C12H18. The first kappa shape index (κ1) is 8.10. The SMILES string of the molecule is CC1=CCC(C)C2=C1CCCC2. The van der Waals surface area contributed by atoms with E-state index in [1.165, 1.54) is 32.1 Å². The van der Waals surface area contributed by atoms with Crippen molar-refractivity contribution in [3.05, 3.63) is 22.8 Å². The topological polar surface area (TPSA) is 0 Å². The molecule has 0 spiro atoms. The lowest BCUT2D eigenvalue weighted by Gasteiger charge is -2.29. The van der Waals surface area contributed by atoms with E-state index in [0.717, 1.165) is 5.92 Å². The summed E-state index contributed by atoms with van der Waals surface area (Å²) >= 11 is 0. The van der Waals surface area contributed by atoms with E-state index in [-0.39, 0.29) is 0 Å². The third-order valence-electron chi connectivity index (χ3n) is 3.36. The minimum Gasteiger partial charge on any atom is -0.0807 e. The molecule has 12 heavy (non-hydrogen) atoms. The number of allylic oxidation sites excluding steroid dienone is 4. The van der Waals surface area contributed by atoms with Crippen molar-refractivity contribution in [2.24, 2.45) is 5.92 Å². The first-order valence-corrected chi connectivity index (χ1v) is 5.18. The largest absolute Gasteiger partial charge is 0.0807 e. The molecule has 1 unspecified atom stereocenters. The van der Waals surface area contributed by atoms with Gasteiger partial charge in [0.1, 0.15) is 0 Å². The average molecular weight is 162 g/mol. The van der Waals surface area contributed by atoms with E-state index < -0.39 is 0 Å². The van der Waals surface area contributed by atoms with Crippen LogP contribution in [0, 0.1) is 5.92 Å². The first-order valence-electron chi connectivity index (χ1n) is 5.18. The number of hydrogen-bond acceptors (Lipinski definition) is 0. The van der Waals surface area contributed by atoms with Crippen LogP contribution in [0.1, 0.15) is 46.0 Å². The Morgan fingerprint density at radius 1 is 1.25 bits per heavy atom.